The van der Waals surface area contributed by atoms with Gasteiger partial charge in [-0.05, 0) is 33.9 Å². The molecule has 2 amide bonds. The fourth-order valence-corrected chi connectivity index (χ4v) is 11.1. The van der Waals surface area contributed by atoms with Gasteiger partial charge in [0.2, 0.25) is 5.60 Å². The number of thiazole rings is 1. The van der Waals surface area contributed by atoms with Crippen LogP contribution < -0.4 is 10.6 Å². The number of carbonyl (C=O) groups is 3. The number of nitrogens with zero attached hydrogens (tertiary/aromatic N) is 4. The van der Waals surface area contributed by atoms with Gasteiger partial charge in [-0.2, -0.15) is 0 Å². The molecule has 0 bridgehead atoms. The molecule has 1 saturated heterocycles. The Morgan fingerprint density at radius 2 is 1.19 bits per heavy atom. The number of carboxylic acid groups (broad SMARTS) is 1. The number of amides is 2. The van der Waals surface area contributed by atoms with Crippen LogP contribution in [0.1, 0.15) is 44.6 Å². The van der Waals surface area contributed by atoms with Gasteiger partial charge in [-0.25, -0.2) is 9.78 Å². The molecule has 0 saturated carbocycles. The van der Waals surface area contributed by atoms with E-state index in [4.69, 9.17) is 15.0 Å². The van der Waals surface area contributed by atoms with E-state index in [1.54, 1.807) is 36.0 Å². The van der Waals surface area contributed by atoms with E-state index in [1.807, 2.05) is 152 Å². The lowest BCUT2D eigenvalue weighted by Crippen LogP contribution is -2.71. The molecule has 10 rings (SSSR count). The predicted molar refractivity (Wildman–Crippen MR) is 275 cm³/mol. The average molecular weight is 957 g/mol. The second-order valence-electron chi connectivity index (χ2n) is 16.5. The van der Waals surface area contributed by atoms with Crippen molar-refractivity contribution in [2.24, 2.45) is 5.16 Å². The lowest BCUT2D eigenvalue weighted by molar-refractivity contribution is -0.150. The minimum Gasteiger partial charge on any atom is -0.477 e. The molecule has 11 nitrogen and oxygen atoms in total. The summed E-state index contributed by atoms with van der Waals surface area (Å²) in [5.74, 6) is -2.27. The third-order valence-corrected chi connectivity index (χ3v) is 14.4. The van der Waals surface area contributed by atoms with E-state index in [0.717, 1.165) is 38.9 Å². The minimum atomic E-state index is -1.36. The Hall–Kier alpha value is -8.39. The number of aliphatic carboxylic acids is 1. The quantitative estimate of drug-likeness (QED) is 0.0373. The topological polar surface area (TPSA) is 146 Å². The second-order valence-corrected chi connectivity index (χ2v) is 18.4. The smallest absolute Gasteiger partial charge is 0.352 e. The molecule has 344 valence electrons. The molecule has 8 aromatic rings. The maximum atomic E-state index is 15.1. The summed E-state index contributed by atoms with van der Waals surface area (Å²) >= 11 is 2.65. The summed E-state index contributed by atoms with van der Waals surface area (Å²) in [7, 11) is 0. The van der Waals surface area contributed by atoms with Crippen LogP contribution in [0.5, 0.6) is 0 Å². The summed E-state index contributed by atoms with van der Waals surface area (Å²) in [5, 5.41) is 23.5. The van der Waals surface area contributed by atoms with Gasteiger partial charge >= 0.3 is 5.97 Å². The third-order valence-electron chi connectivity index (χ3n) is 12.3. The van der Waals surface area contributed by atoms with Gasteiger partial charge in [0.15, 0.2) is 10.8 Å². The number of benzene rings is 6. The first-order valence-corrected chi connectivity index (χ1v) is 24.4. The zero-order valence-electron chi connectivity index (χ0n) is 37.4. The number of hydrogen-bond donors (Lipinski definition) is 3. The molecule has 0 unspecified atom stereocenters. The van der Waals surface area contributed by atoms with Crippen molar-refractivity contribution in [3.8, 4) is 0 Å². The molecule has 2 aromatic heterocycles. The summed E-state index contributed by atoms with van der Waals surface area (Å²) < 4.78 is 0. The Balaban J connectivity index is 1.06. The largest absolute Gasteiger partial charge is 0.477 e. The molecular formula is C57H44N6O5S2. The van der Waals surface area contributed by atoms with Crippen LogP contribution in [0.25, 0.3) is 6.08 Å². The van der Waals surface area contributed by atoms with E-state index < -0.39 is 40.3 Å². The van der Waals surface area contributed by atoms with Gasteiger partial charge in [0, 0.05) is 40.2 Å². The fraction of sp³-hybridized carbons (Fsp3) is 0.0877. The van der Waals surface area contributed by atoms with Crippen molar-refractivity contribution in [3.63, 3.8) is 0 Å². The summed E-state index contributed by atoms with van der Waals surface area (Å²) in [6.07, 6.45) is 6.77. The molecule has 70 heavy (non-hydrogen) atoms. The van der Waals surface area contributed by atoms with E-state index in [9.17, 15) is 14.7 Å². The highest BCUT2D eigenvalue weighted by Crippen LogP contribution is 2.44. The van der Waals surface area contributed by atoms with Crippen LogP contribution in [0.3, 0.4) is 0 Å². The monoisotopic (exact) mass is 956 g/mol. The third kappa shape index (κ3) is 8.68. The molecule has 2 aliphatic rings. The summed E-state index contributed by atoms with van der Waals surface area (Å²) in [4.78, 5) is 59.4. The molecule has 2 atom stereocenters. The number of nitrogens with one attached hydrogen (secondary N) is 2. The molecule has 2 aliphatic heterocycles. The summed E-state index contributed by atoms with van der Waals surface area (Å²) in [6.45, 7) is 0. The van der Waals surface area contributed by atoms with E-state index in [1.165, 1.54) is 28.0 Å². The van der Waals surface area contributed by atoms with Gasteiger partial charge in [-0.3, -0.25) is 19.5 Å². The molecule has 0 aliphatic carbocycles. The maximum absolute atomic E-state index is 15.1. The standard InChI is InChI=1S/C57H44N6O5S2/c64-51(60-49-52(65)63-50(54(66)67)40(37-69-53(49)63)34-33-39-20-19-35-58-36-39)48(62-68-57(44-27-13-4-14-28-44,45-29-15-5-16-30-45)46-31-17-6-18-32-46)47-38-70-55(59-47)61-56(41-21-7-1-8-22-41,42-23-9-2-10-24-42)43-25-11-3-12-26-43/h1-36,38,49,53H,37H2,(H,59,61)(H,60,64)(H,66,67)/b34-33-,62-48?/t49-,53+/m1/s1. The zero-order valence-corrected chi connectivity index (χ0v) is 39.0. The number of anilines is 1. The minimum absolute atomic E-state index is 0.135. The van der Waals surface area contributed by atoms with Gasteiger partial charge in [0.05, 0.1) is 0 Å². The molecule has 3 N–H and O–H groups in total. The fourth-order valence-electron chi connectivity index (χ4n) is 9.03. The number of thioether (sulfide) groups is 1. The van der Waals surface area contributed by atoms with Crippen LogP contribution in [0.15, 0.2) is 234 Å². The van der Waals surface area contributed by atoms with Crippen LogP contribution >= 0.6 is 23.1 Å². The number of oxime groups is 1. The first-order chi connectivity index (χ1) is 34.4. The number of pyridine rings is 1. The van der Waals surface area contributed by atoms with E-state index in [2.05, 4.69) is 52.0 Å². The molecular weight excluding hydrogens is 913 g/mol. The maximum Gasteiger partial charge on any atom is 0.352 e. The number of rotatable bonds is 16. The summed E-state index contributed by atoms with van der Waals surface area (Å²) in [5.41, 5.74) is 3.94. The SMILES string of the molecule is O=C(O)C1=C(/C=C\c2cccnc2)CS[C@H]2[C@H](NC(=O)C(=NOC(c3ccccc3)(c3ccccc3)c3ccccc3)c3csc(NC(c4ccccc4)(c4ccccc4)c4ccccc4)n3)C(=O)N12. The van der Waals surface area contributed by atoms with Crippen molar-refractivity contribution in [1.29, 1.82) is 0 Å². The van der Waals surface area contributed by atoms with Crippen molar-refractivity contribution in [2.45, 2.75) is 22.6 Å². The highest BCUT2D eigenvalue weighted by molar-refractivity contribution is 8.00. The number of allylic oxidation sites excluding steroid dienone is 1. The lowest BCUT2D eigenvalue weighted by atomic mass is 9.77. The van der Waals surface area contributed by atoms with Gasteiger partial charge in [-0.15, -0.1) is 23.1 Å². The van der Waals surface area contributed by atoms with Crippen LogP contribution in [-0.2, 0) is 30.4 Å². The Labute approximate surface area is 412 Å². The normalized spacial score (nSPS) is 16.0. The van der Waals surface area contributed by atoms with E-state index in [0.29, 0.717) is 10.7 Å². The molecule has 0 spiro atoms. The molecule has 0 radical (unpaired) electrons. The molecule has 13 heteroatoms. The van der Waals surface area contributed by atoms with Crippen molar-refractivity contribution in [3.05, 3.63) is 274 Å². The Kier molecular flexibility index (Phi) is 13.0. The van der Waals surface area contributed by atoms with Gasteiger partial charge in [-0.1, -0.05) is 205 Å². The Morgan fingerprint density at radius 3 is 1.66 bits per heavy atom. The zero-order chi connectivity index (χ0) is 47.9. The van der Waals surface area contributed by atoms with Crippen LogP contribution in [0.4, 0.5) is 5.13 Å². The number of hydrogen-bond acceptors (Lipinski definition) is 10. The predicted octanol–water partition coefficient (Wildman–Crippen LogP) is 10.1. The van der Waals surface area contributed by atoms with Crippen LogP contribution in [-0.4, -0.2) is 60.6 Å². The van der Waals surface area contributed by atoms with Gasteiger partial charge in [0.1, 0.15) is 28.3 Å². The molecule has 4 heterocycles. The molecule has 6 aromatic carbocycles. The second kappa shape index (κ2) is 20.1. The van der Waals surface area contributed by atoms with Gasteiger partial charge < -0.3 is 20.6 Å². The highest BCUT2D eigenvalue weighted by Gasteiger charge is 2.54. The van der Waals surface area contributed by atoms with Crippen molar-refractivity contribution in [2.75, 3.05) is 11.1 Å². The summed E-state index contributed by atoms with van der Waals surface area (Å²) in [6, 6.07) is 61.9. The van der Waals surface area contributed by atoms with E-state index >= 15 is 4.79 Å². The highest BCUT2D eigenvalue weighted by atomic mass is 32.2. The van der Waals surface area contributed by atoms with E-state index in [-0.39, 0.29) is 22.9 Å². The number of β-lactam (4-membered cyclic amide) rings is 1. The Morgan fingerprint density at radius 1 is 0.686 bits per heavy atom. The molecule has 1 fully saturated rings. The number of aromatic nitrogens is 2. The van der Waals surface area contributed by atoms with Crippen LogP contribution in [0.2, 0.25) is 0 Å². The Bertz CT molecular complexity index is 3020. The lowest BCUT2D eigenvalue weighted by Gasteiger charge is -2.49. The number of fused-ring (bicyclic) bond motifs is 1. The first kappa shape index (κ1) is 45.4. The van der Waals surface area contributed by atoms with Crippen molar-refractivity contribution in [1.82, 2.24) is 20.2 Å². The van der Waals surface area contributed by atoms with Crippen molar-refractivity contribution >= 4 is 57.8 Å². The van der Waals surface area contributed by atoms with Crippen molar-refractivity contribution < 1.29 is 24.3 Å². The first-order valence-electron chi connectivity index (χ1n) is 22.5. The van der Waals surface area contributed by atoms with Gasteiger partial charge in [0.25, 0.3) is 11.8 Å². The average Bonchev–Trinajstić information content (AvgIpc) is 3.89. The number of carbonyl (C=O) groups excluding carboxylic acids is 2. The number of carboxylic acids is 1. The van der Waals surface area contributed by atoms with Crippen LogP contribution in [0, 0.1) is 0 Å².